The summed E-state index contributed by atoms with van der Waals surface area (Å²) in [4.78, 5) is 23.5. The zero-order valence-corrected chi connectivity index (χ0v) is 16.1. The predicted molar refractivity (Wildman–Crippen MR) is 104 cm³/mol. The van der Waals surface area contributed by atoms with Crippen molar-refractivity contribution in [3.8, 4) is 23.0 Å². The van der Waals surface area contributed by atoms with Gasteiger partial charge in [0.2, 0.25) is 5.75 Å². The highest BCUT2D eigenvalue weighted by Gasteiger charge is 2.13. The van der Waals surface area contributed by atoms with Crippen molar-refractivity contribution in [1.82, 2.24) is 0 Å². The summed E-state index contributed by atoms with van der Waals surface area (Å²) >= 11 is 0. The summed E-state index contributed by atoms with van der Waals surface area (Å²) < 4.78 is 21.0. The minimum absolute atomic E-state index is 0.235. The summed E-state index contributed by atoms with van der Waals surface area (Å²) in [6.45, 7) is 0. The lowest BCUT2D eigenvalue weighted by atomic mass is 10.0. The molecule has 0 aliphatic carbocycles. The van der Waals surface area contributed by atoms with E-state index in [0.29, 0.717) is 39.7 Å². The fraction of sp³-hybridized carbons (Fsp3) is 0.238. The maximum absolute atomic E-state index is 12.5. The Morgan fingerprint density at radius 3 is 2.00 bits per heavy atom. The van der Waals surface area contributed by atoms with Crippen LogP contribution in [0.15, 0.2) is 36.4 Å². The highest BCUT2D eigenvalue weighted by molar-refractivity contribution is 6.07. The van der Waals surface area contributed by atoms with Crippen molar-refractivity contribution in [2.75, 3.05) is 28.4 Å². The van der Waals surface area contributed by atoms with Gasteiger partial charge in [-0.2, -0.15) is 0 Å². The molecule has 0 saturated heterocycles. The highest BCUT2D eigenvalue weighted by Crippen LogP contribution is 2.38. The Kier molecular flexibility index (Phi) is 7.03. The van der Waals surface area contributed by atoms with Gasteiger partial charge in [0.25, 0.3) is 0 Å². The molecule has 0 heterocycles. The normalized spacial score (nSPS) is 10.6. The molecular formula is C21H22O7. The number of methoxy groups -OCH3 is 4. The number of rotatable bonds is 9. The lowest BCUT2D eigenvalue weighted by Gasteiger charge is -2.12. The van der Waals surface area contributed by atoms with Gasteiger partial charge in [-0.15, -0.1) is 0 Å². The molecule has 0 amide bonds. The molecule has 0 radical (unpaired) electrons. The van der Waals surface area contributed by atoms with Gasteiger partial charge in [0.05, 0.1) is 34.9 Å². The Morgan fingerprint density at radius 2 is 1.50 bits per heavy atom. The summed E-state index contributed by atoms with van der Waals surface area (Å²) in [7, 11) is 5.99. The van der Waals surface area contributed by atoms with Crippen molar-refractivity contribution in [2.45, 2.75) is 6.42 Å². The zero-order valence-electron chi connectivity index (χ0n) is 16.1. The average molecular weight is 386 g/mol. The maximum atomic E-state index is 12.5. The number of ether oxygens (including phenoxy) is 4. The molecule has 2 aromatic rings. The van der Waals surface area contributed by atoms with Gasteiger partial charge in [0, 0.05) is 11.1 Å². The largest absolute Gasteiger partial charge is 0.496 e. The van der Waals surface area contributed by atoms with Crippen molar-refractivity contribution in [1.29, 1.82) is 0 Å². The van der Waals surface area contributed by atoms with E-state index in [1.54, 1.807) is 30.3 Å². The van der Waals surface area contributed by atoms with Gasteiger partial charge in [0.1, 0.15) is 5.75 Å². The molecule has 0 aromatic heterocycles. The number of ketones is 1. The molecule has 2 aromatic carbocycles. The molecule has 0 aliphatic heterocycles. The van der Waals surface area contributed by atoms with Crippen LogP contribution in [0.4, 0.5) is 0 Å². The van der Waals surface area contributed by atoms with E-state index in [2.05, 4.69) is 0 Å². The van der Waals surface area contributed by atoms with Crippen LogP contribution in [0, 0.1) is 0 Å². The van der Waals surface area contributed by atoms with Gasteiger partial charge in [0.15, 0.2) is 17.3 Å². The minimum atomic E-state index is -1.00. The second kappa shape index (κ2) is 9.45. The van der Waals surface area contributed by atoms with E-state index in [-0.39, 0.29) is 12.2 Å². The van der Waals surface area contributed by atoms with Crippen LogP contribution in [0.25, 0.3) is 6.08 Å². The molecule has 1 N–H and O–H groups in total. The first-order valence-corrected chi connectivity index (χ1v) is 8.34. The first kappa shape index (κ1) is 20.8. The van der Waals surface area contributed by atoms with Crippen LogP contribution in [0.1, 0.15) is 21.5 Å². The van der Waals surface area contributed by atoms with Crippen LogP contribution in [0.2, 0.25) is 0 Å². The number of allylic oxidation sites excluding steroid dienone is 1. The van der Waals surface area contributed by atoms with E-state index < -0.39 is 5.97 Å². The number of hydrogen-bond acceptors (Lipinski definition) is 6. The first-order valence-electron chi connectivity index (χ1n) is 8.34. The first-order chi connectivity index (χ1) is 13.4. The molecular weight excluding hydrogens is 364 g/mol. The number of carbonyl (C=O) groups excluding carboxylic acids is 1. The second-order valence-electron chi connectivity index (χ2n) is 5.75. The van der Waals surface area contributed by atoms with Crippen LogP contribution < -0.4 is 18.9 Å². The standard InChI is InChI=1S/C21H22O7/c1-25-17-8-6-14(11-15(17)12-20(23)24)16(22)7-5-13-9-18(26-2)21(28-4)19(10-13)27-3/h5-11H,12H2,1-4H3,(H,23,24)/b7-5+. The Labute approximate surface area is 163 Å². The molecule has 0 aliphatic rings. The van der Waals surface area contributed by atoms with E-state index in [4.69, 9.17) is 24.1 Å². The van der Waals surface area contributed by atoms with Gasteiger partial charge in [-0.25, -0.2) is 0 Å². The number of carbonyl (C=O) groups is 2. The molecule has 0 unspecified atom stereocenters. The predicted octanol–water partition coefficient (Wildman–Crippen LogP) is 3.24. The van der Waals surface area contributed by atoms with Crippen LogP contribution >= 0.6 is 0 Å². The van der Waals surface area contributed by atoms with E-state index in [1.807, 2.05) is 0 Å². The van der Waals surface area contributed by atoms with Crippen molar-refractivity contribution in [2.24, 2.45) is 0 Å². The monoisotopic (exact) mass is 386 g/mol. The summed E-state index contributed by atoms with van der Waals surface area (Å²) in [5, 5.41) is 9.02. The molecule has 28 heavy (non-hydrogen) atoms. The second-order valence-corrected chi connectivity index (χ2v) is 5.75. The third kappa shape index (κ3) is 4.82. The smallest absolute Gasteiger partial charge is 0.307 e. The summed E-state index contributed by atoms with van der Waals surface area (Å²) in [5.74, 6) is 0.553. The molecule has 148 valence electrons. The Bertz CT molecular complexity index is 875. The van der Waals surface area contributed by atoms with Crippen molar-refractivity contribution in [3.63, 3.8) is 0 Å². The number of carboxylic acids is 1. The Balaban J connectivity index is 2.32. The van der Waals surface area contributed by atoms with Gasteiger partial charge < -0.3 is 24.1 Å². The average Bonchev–Trinajstić information content (AvgIpc) is 2.70. The van der Waals surface area contributed by atoms with Gasteiger partial charge in [-0.3, -0.25) is 9.59 Å². The topological polar surface area (TPSA) is 91.3 Å². The SMILES string of the molecule is COc1ccc(C(=O)/C=C/c2cc(OC)c(OC)c(OC)c2)cc1CC(=O)O. The molecule has 0 fully saturated rings. The molecule has 7 nitrogen and oxygen atoms in total. The van der Waals surface area contributed by atoms with Crippen LogP contribution in [-0.2, 0) is 11.2 Å². The molecule has 2 rings (SSSR count). The lowest BCUT2D eigenvalue weighted by molar-refractivity contribution is -0.136. The molecule has 0 saturated carbocycles. The fourth-order valence-corrected chi connectivity index (χ4v) is 2.70. The van der Waals surface area contributed by atoms with Crippen LogP contribution in [-0.4, -0.2) is 45.3 Å². The van der Waals surface area contributed by atoms with E-state index in [9.17, 15) is 9.59 Å². The molecule has 0 spiro atoms. The summed E-state index contributed by atoms with van der Waals surface area (Å²) in [5.41, 5.74) is 1.48. The third-order valence-electron chi connectivity index (χ3n) is 4.02. The van der Waals surface area contributed by atoms with Crippen molar-refractivity contribution >= 4 is 17.8 Å². The van der Waals surface area contributed by atoms with Gasteiger partial charge >= 0.3 is 5.97 Å². The summed E-state index contributed by atoms with van der Waals surface area (Å²) in [6, 6.07) is 8.13. The molecule has 0 atom stereocenters. The minimum Gasteiger partial charge on any atom is -0.496 e. The Morgan fingerprint density at radius 1 is 0.893 bits per heavy atom. The lowest BCUT2D eigenvalue weighted by Crippen LogP contribution is -2.04. The number of benzene rings is 2. The fourth-order valence-electron chi connectivity index (χ4n) is 2.70. The van der Waals surface area contributed by atoms with Gasteiger partial charge in [-0.05, 0) is 42.0 Å². The van der Waals surface area contributed by atoms with Crippen molar-refractivity contribution < 1.29 is 33.6 Å². The number of hydrogen-bond donors (Lipinski definition) is 1. The van der Waals surface area contributed by atoms with E-state index in [0.717, 1.165) is 0 Å². The summed E-state index contributed by atoms with van der Waals surface area (Å²) in [6.07, 6.45) is 2.78. The van der Waals surface area contributed by atoms with Crippen LogP contribution in [0.5, 0.6) is 23.0 Å². The molecule has 7 heteroatoms. The van der Waals surface area contributed by atoms with Gasteiger partial charge in [-0.1, -0.05) is 6.08 Å². The van der Waals surface area contributed by atoms with E-state index in [1.165, 1.54) is 40.6 Å². The highest BCUT2D eigenvalue weighted by atomic mass is 16.5. The zero-order chi connectivity index (χ0) is 20.7. The van der Waals surface area contributed by atoms with Crippen molar-refractivity contribution in [3.05, 3.63) is 53.1 Å². The number of aliphatic carboxylic acids is 1. The quantitative estimate of drug-likeness (QED) is 0.522. The third-order valence-corrected chi connectivity index (χ3v) is 4.02. The van der Waals surface area contributed by atoms with Crippen LogP contribution in [0.3, 0.4) is 0 Å². The Hall–Kier alpha value is -3.48. The van der Waals surface area contributed by atoms with E-state index >= 15 is 0 Å². The number of carboxylic acid groups (broad SMARTS) is 1. The molecule has 0 bridgehead atoms. The maximum Gasteiger partial charge on any atom is 0.307 e.